The number of hydrogen-bond donors (Lipinski definition) is 3. The Hall–Kier alpha value is -4.87. The van der Waals surface area contributed by atoms with Crippen LogP contribution in [0.1, 0.15) is 5.56 Å². The number of rotatable bonds is 13. The molecule has 2 aromatic carbocycles. The first-order chi connectivity index (χ1) is 19.9. The van der Waals surface area contributed by atoms with Crippen LogP contribution in [0.3, 0.4) is 0 Å². The molecule has 0 unspecified atom stereocenters. The van der Waals surface area contributed by atoms with Gasteiger partial charge in [-0.25, -0.2) is 14.4 Å². The van der Waals surface area contributed by atoms with Crippen molar-refractivity contribution < 1.29 is 23.5 Å². The summed E-state index contributed by atoms with van der Waals surface area (Å²) in [5.41, 5.74) is 2.24. The number of pyridine rings is 1. The quantitative estimate of drug-likeness (QED) is 0.151. The lowest BCUT2D eigenvalue weighted by Gasteiger charge is -2.15. The highest BCUT2D eigenvalue weighted by atomic mass is 35.5. The Bertz CT molecular complexity index is 1570. The van der Waals surface area contributed by atoms with Crippen molar-refractivity contribution in [1.82, 2.24) is 20.3 Å². The van der Waals surface area contributed by atoms with Gasteiger partial charge in [-0.3, -0.25) is 14.6 Å². The molecule has 12 heteroatoms. The average molecular weight is 577 g/mol. The Morgan fingerprint density at radius 2 is 1.95 bits per heavy atom. The fourth-order valence-electron chi connectivity index (χ4n) is 3.56. The number of hydrogen-bond acceptors (Lipinski definition) is 8. The lowest BCUT2D eigenvalue weighted by molar-refractivity contribution is -0.116. The van der Waals surface area contributed by atoms with Crippen LogP contribution in [0.15, 0.2) is 79.9 Å². The Labute approximate surface area is 240 Å². The first-order valence-corrected chi connectivity index (χ1v) is 12.8. The number of anilines is 3. The molecule has 3 N–H and O–H groups in total. The molecule has 0 atom stereocenters. The fraction of sp³-hybridized carbons (Fsp3) is 0.138. The summed E-state index contributed by atoms with van der Waals surface area (Å²) in [6, 6.07) is 11.2. The molecule has 4 aromatic rings. The molecule has 0 radical (unpaired) electrons. The van der Waals surface area contributed by atoms with Crippen molar-refractivity contribution in [3.63, 3.8) is 0 Å². The van der Waals surface area contributed by atoms with Gasteiger partial charge in [-0.05, 0) is 48.0 Å². The third-order valence-electron chi connectivity index (χ3n) is 5.50. The van der Waals surface area contributed by atoms with Crippen molar-refractivity contribution in [1.29, 1.82) is 0 Å². The van der Waals surface area contributed by atoms with Crippen LogP contribution in [0.4, 0.5) is 21.6 Å². The summed E-state index contributed by atoms with van der Waals surface area (Å²) < 4.78 is 25.0. The van der Waals surface area contributed by atoms with Gasteiger partial charge >= 0.3 is 0 Å². The lowest BCUT2D eigenvalue weighted by atomic mass is 10.1. The van der Waals surface area contributed by atoms with Gasteiger partial charge in [0, 0.05) is 42.2 Å². The number of nitrogens with one attached hydrogen (secondary N) is 3. The van der Waals surface area contributed by atoms with Crippen molar-refractivity contribution in [3.8, 4) is 5.75 Å². The molecule has 0 spiro atoms. The largest absolute Gasteiger partial charge is 0.489 e. The average Bonchev–Trinajstić information content (AvgIpc) is 2.98. The van der Waals surface area contributed by atoms with Crippen LogP contribution in [0.5, 0.6) is 5.75 Å². The summed E-state index contributed by atoms with van der Waals surface area (Å²) in [6.07, 6.45) is 8.92. The second-order valence-corrected chi connectivity index (χ2v) is 8.81. The van der Waals surface area contributed by atoms with Crippen LogP contribution in [-0.2, 0) is 14.3 Å². The summed E-state index contributed by atoms with van der Waals surface area (Å²) >= 11 is 5.90. The van der Waals surface area contributed by atoms with Crippen LogP contribution in [0.2, 0.25) is 5.02 Å². The Morgan fingerprint density at radius 3 is 2.73 bits per heavy atom. The number of halogens is 2. The van der Waals surface area contributed by atoms with Crippen molar-refractivity contribution in [3.05, 3.63) is 96.3 Å². The highest BCUT2D eigenvalue weighted by Gasteiger charge is 2.13. The molecule has 0 saturated heterocycles. The van der Waals surface area contributed by atoms with E-state index in [-0.39, 0.29) is 30.8 Å². The summed E-state index contributed by atoms with van der Waals surface area (Å²) in [4.78, 5) is 36.6. The molecule has 41 heavy (non-hydrogen) atoms. The van der Waals surface area contributed by atoms with E-state index in [2.05, 4.69) is 37.5 Å². The molecule has 2 aromatic heterocycles. The maximum atomic E-state index is 13.6. The van der Waals surface area contributed by atoms with Crippen LogP contribution < -0.4 is 20.7 Å². The summed E-state index contributed by atoms with van der Waals surface area (Å²) in [6.45, 7) is 4.49. The van der Waals surface area contributed by atoms with Crippen LogP contribution >= 0.6 is 11.6 Å². The van der Waals surface area contributed by atoms with E-state index >= 15 is 0 Å². The number of aromatic nitrogens is 3. The summed E-state index contributed by atoms with van der Waals surface area (Å²) in [5.74, 6) is -0.441. The van der Waals surface area contributed by atoms with Gasteiger partial charge in [0.2, 0.25) is 11.8 Å². The van der Waals surface area contributed by atoms with Gasteiger partial charge in [-0.2, -0.15) is 0 Å². The topological polar surface area (TPSA) is 127 Å². The van der Waals surface area contributed by atoms with Crippen LogP contribution in [-0.4, -0.2) is 53.1 Å². The van der Waals surface area contributed by atoms with Gasteiger partial charge < -0.3 is 25.4 Å². The predicted molar refractivity (Wildman–Crippen MR) is 156 cm³/mol. The molecule has 0 saturated carbocycles. The molecular formula is C29H26ClFN6O4. The summed E-state index contributed by atoms with van der Waals surface area (Å²) in [5, 5.41) is 9.08. The van der Waals surface area contributed by atoms with E-state index < -0.39 is 11.7 Å². The highest BCUT2D eigenvalue weighted by molar-refractivity contribution is 6.31. The molecule has 2 heterocycles. The first-order valence-electron chi connectivity index (χ1n) is 12.4. The lowest BCUT2D eigenvalue weighted by Crippen LogP contribution is -2.26. The molecule has 210 valence electrons. The summed E-state index contributed by atoms with van der Waals surface area (Å²) in [7, 11) is 0. The molecule has 10 nitrogen and oxygen atoms in total. The molecule has 0 fully saturated rings. The van der Waals surface area contributed by atoms with Gasteiger partial charge in [-0.1, -0.05) is 24.2 Å². The van der Waals surface area contributed by atoms with Gasteiger partial charge in [0.05, 0.1) is 29.4 Å². The third-order valence-corrected chi connectivity index (χ3v) is 5.79. The molecule has 4 rings (SSSR count). The Morgan fingerprint density at radius 1 is 1.07 bits per heavy atom. The number of carbonyl (C=O) groups excluding carboxylic acids is 2. The smallest absolute Gasteiger partial charge is 0.247 e. The number of nitrogens with zero attached hydrogens (tertiary/aromatic N) is 3. The van der Waals surface area contributed by atoms with Gasteiger partial charge in [0.15, 0.2) is 0 Å². The van der Waals surface area contributed by atoms with Gasteiger partial charge in [-0.15, -0.1) is 0 Å². The van der Waals surface area contributed by atoms with E-state index in [0.29, 0.717) is 40.4 Å². The van der Waals surface area contributed by atoms with Gasteiger partial charge in [0.25, 0.3) is 0 Å². The Balaban J connectivity index is 1.35. The standard InChI is InChI=1S/C29H26ClFN6O4/c1-2-27(38)37-25-15-21-24(34-18-35-29(21)36-20-6-7-23(31)22(30)14-20)16-26(25)41-13-12-40-11-10-33-28(39)8-5-19-4-3-9-32-17-19/h2-9,14-18H,1,10-13H2,(H,33,39)(H,37,38)(H,34,35,36)/b8-5+. The maximum absolute atomic E-state index is 13.6. The monoisotopic (exact) mass is 576 g/mol. The van der Waals surface area contributed by atoms with E-state index in [0.717, 1.165) is 11.6 Å². The highest BCUT2D eigenvalue weighted by Crippen LogP contribution is 2.34. The molecule has 0 aliphatic rings. The molecule has 0 aliphatic carbocycles. The number of fused-ring (bicyclic) bond motifs is 1. The SMILES string of the molecule is C=CC(=O)Nc1cc2c(Nc3ccc(F)c(Cl)c3)ncnc2cc1OCCOCCNC(=O)/C=C/c1cccnc1. The zero-order chi connectivity index (χ0) is 29.0. The predicted octanol–water partition coefficient (Wildman–Crippen LogP) is 4.91. The minimum Gasteiger partial charge on any atom is -0.489 e. The van der Waals surface area contributed by atoms with Gasteiger partial charge in [0.1, 0.15) is 30.3 Å². The fourth-order valence-corrected chi connectivity index (χ4v) is 3.74. The van der Waals surface area contributed by atoms with Crippen molar-refractivity contribution >= 4 is 57.6 Å². The van der Waals surface area contributed by atoms with Crippen molar-refractivity contribution in [2.75, 3.05) is 37.0 Å². The van der Waals surface area contributed by atoms with E-state index in [1.54, 1.807) is 36.7 Å². The van der Waals surface area contributed by atoms with Crippen molar-refractivity contribution in [2.24, 2.45) is 0 Å². The normalized spacial score (nSPS) is 10.9. The van der Waals surface area contributed by atoms with Crippen molar-refractivity contribution in [2.45, 2.75) is 0 Å². The first kappa shape index (κ1) is 29.1. The molecule has 0 aliphatic heterocycles. The second-order valence-electron chi connectivity index (χ2n) is 8.41. The minimum atomic E-state index is -0.538. The Kier molecular flexibility index (Phi) is 10.3. The van der Waals surface area contributed by atoms with E-state index in [4.69, 9.17) is 21.1 Å². The maximum Gasteiger partial charge on any atom is 0.247 e. The molecule has 2 amide bonds. The van der Waals surface area contributed by atoms with Crippen LogP contribution in [0.25, 0.3) is 17.0 Å². The number of benzene rings is 2. The second kappa shape index (κ2) is 14.5. The van der Waals surface area contributed by atoms with E-state index in [1.807, 2.05) is 6.07 Å². The third kappa shape index (κ3) is 8.56. The number of ether oxygens (including phenoxy) is 2. The van der Waals surface area contributed by atoms with E-state index in [1.165, 1.54) is 30.6 Å². The number of carbonyl (C=O) groups is 2. The molecule has 0 bridgehead atoms. The number of amides is 2. The molecular weight excluding hydrogens is 551 g/mol. The zero-order valence-electron chi connectivity index (χ0n) is 21.8. The van der Waals surface area contributed by atoms with E-state index in [9.17, 15) is 14.0 Å². The zero-order valence-corrected chi connectivity index (χ0v) is 22.5. The minimum absolute atomic E-state index is 0.0368. The van der Waals surface area contributed by atoms with Crippen LogP contribution in [0, 0.1) is 5.82 Å².